The molecular weight excluding hydrogens is 316 g/mol. The van der Waals surface area contributed by atoms with E-state index in [1.165, 1.54) is 0 Å². The van der Waals surface area contributed by atoms with Gasteiger partial charge in [-0.05, 0) is 42.8 Å². The zero-order valence-electron chi connectivity index (χ0n) is 14.8. The Kier molecular flexibility index (Phi) is 6.57. The molecule has 5 nitrogen and oxygen atoms in total. The van der Waals surface area contributed by atoms with Crippen molar-refractivity contribution >= 4 is 23.2 Å². The molecule has 25 heavy (non-hydrogen) atoms. The zero-order valence-corrected chi connectivity index (χ0v) is 14.8. The molecule has 0 saturated carbocycles. The van der Waals surface area contributed by atoms with Crippen molar-refractivity contribution in [3.8, 4) is 5.75 Å². The SMILES string of the molecule is CCCOc1cccc(C(=O)Nc2cccc(NC(=O)C(C)C)c2)c1. The number of hydrogen-bond donors (Lipinski definition) is 2. The average molecular weight is 340 g/mol. The van der Waals surface area contributed by atoms with Crippen LogP contribution in [0.25, 0.3) is 0 Å². The predicted octanol–water partition coefficient (Wildman–Crippen LogP) is 4.32. The molecule has 5 heteroatoms. The maximum atomic E-state index is 12.4. The number of hydrogen-bond acceptors (Lipinski definition) is 3. The summed E-state index contributed by atoms with van der Waals surface area (Å²) in [5.74, 6) is 0.273. The van der Waals surface area contributed by atoms with Gasteiger partial charge in [0.25, 0.3) is 5.91 Å². The maximum absolute atomic E-state index is 12.4. The molecule has 2 aromatic rings. The van der Waals surface area contributed by atoms with Crippen LogP contribution >= 0.6 is 0 Å². The van der Waals surface area contributed by atoms with Gasteiger partial charge in [0.05, 0.1) is 6.61 Å². The molecule has 0 heterocycles. The number of benzene rings is 2. The van der Waals surface area contributed by atoms with E-state index in [9.17, 15) is 9.59 Å². The van der Waals surface area contributed by atoms with Crippen LogP contribution in [0.4, 0.5) is 11.4 Å². The lowest BCUT2D eigenvalue weighted by atomic mass is 10.2. The predicted molar refractivity (Wildman–Crippen MR) is 100 cm³/mol. The van der Waals surface area contributed by atoms with Crippen LogP contribution < -0.4 is 15.4 Å². The summed E-state index contributed by atoms with van der Waals surface area (Å²) in [7, 11) is 0. The Bertz CT molecular complexity index is 741. The lowest BCUT2D eigenvalue weighted by Gasteiger charge is -2.11. The van der Waals surface area contributed by atoms with Crippen LogP contribution in [-0.2, 0) is 4.79 Å². The summed E-state index contributed by atoms with van der Waals surface area (Å²) in [6, 6.07) is 14.2. The molecule has 0 unspecified atom stereocenters. The van der Waals surface area contributed by atoms with Crippen LogP contribution in [0, 0.1) is 5.92 Å². The van der Waals surface area contributed by atoms with Gasteiger partial charge in [-0.3, -0.25) is 9.59 Å². The smallest absolute Gasteiger partial charge is 0.255 e. The summed E-state index contributed by atoms with van der Waals surface area (Å²) in [6.45, 7) is 6.30. The van der Waals surface area contributed by atoms with Crippen molar-refractivity contribution in [3.05, 3.63) is 54.1 Å². The summed E-state index contributed by atoms with van der Waals surface area (Å²) in [5, 5.41) is 5.66. The summed E-state index contributed by atoms with van der Waals surface area (Å²) in [4.78, 5) is 24.2. The van der Waals surface area contributed by atoms with Gasteiger partial charge in [-0.15, -0.1) is 0 Å². The number of carbonyl (C=O) groups is 2. The highest BCUT2D eigenvalue weighted by atomic mass is 16.5. The van der Waals surface area contributed by atoms with Gasteiger partial charge in [-0.2, -0.15) is 0 Å². The summed E-state index contributed by atoms with van der Waals surface area (Å²) in [5.41, 5.74) is 1.79. The molecule has 132 valence electrons. The molecule has 0 aliphatic rings. The molecular formula is C20H24N2O3. The van der Waals surface area contributed by atoms with Crippen molar-refractivity contribution in [2.75, 3.05) is 17.2 Å². The third kappa shape index (κ3) is 5.64. The van der Waals surface area contributed by atoms with E-state index < -0.39 is 0 Å². The Labute approximate surface area is 148 Å². The van der Waals surface area contributed by atoms with Gasteiger partial charge in [0.1, 0.15) is 5.75 Å². The van der Waals surface area contributed by atoms with Crippen molar-refractivity contribution in [1.82, 2.24) is 0 Å². The van der Waals surface area contributed by atoms with E-state index in [4.69, 9.17) is 4.74 Å². The Morgan fingerprint density at radius 2 is 1.68 bits per heavy atom. The minimum atomic E-state index is -0.228. The molecule has 0 aromatic heterocycles. The number of anilines is 2. The quantitative estimate of drug-likeness (QED) is 0.788. The third-order valence-electron chi connectivity index (χ3n) is 3.48. The normalized spacial score (nSPS) is 10.4. The monoisotopic (exact) mass is 340 g/mol. The molecule has 0 atom stereocenters. The second-order valence-electron chi connectivity index (χ2n) is 6.06. The first-order valence-electron chi connectivity index (χ1n) is 8.44. The van der Waals surface area contributed by atoms with E-state index in [0.29, 0.717) is 29.3 Å². The molecule has 0 aliphatic heterocycles. The molecule has 0 spiro atoms. The van der Waals surface area contributed by atoms with E-state index in [2.05, 4.69) is 10.6 Å². The van der Waals surface area contributed by atoms with Gasteiger partial charge in [0.2, 0.25) is 5.91 Å². The number of carbonyl (C=O) groups excluding carboxylic acids is 2. The van der Waals surface area contributed by atoms with Crippen LogP contribution in [0.15, 0.2) is 48.5 Å². The molecule has 0 aliphatic carbocycles. The van der Waals surface area contributed by atoms with Gasteiger partial charge < -0.3 is 15.4 Å². The minimum absolute atomic E-state index is 0.0655. The molecule has 0 saturated heterocycles. The van der Waals surface area contributed by atoms with Gasteiger partial charge in [0, 0.05) is 22.9 Å². The van der Waals surface area contributed by atoms with E-state index in [-0.39, 0.29) is 17.7 Å². The Balaban J connectivity index is 2.06. The highest BCUT2D eigenvalue weighted by Gasteiger charge is 2.10. The van der Waals surface area contributed by atoms with Crippen LogP contribution in [0.1, 0.15) is 37.6 Å². The molecule has 0 radical (unpaired) electrons. The molecule has 2 amide bonds. The number of rotatable bonds is 7. The second-order valence-corrected chi connectivity index (χ2v) is 6.06. The van der Waals surface area contributed by atoms with Crippen molar-refractivity contribution < 1.29 is 14.3 Å². The van der Waals surface area contributed by atoms with Gasteiger partial charge in [-0.25, -0.2) is 0 Å². The van der Waals surface area contributed by atoms with Crippen molar-refractivity contribution in [2.24, 2.45) is 5.92 Å². The zero-order chi connectivity index (χ0) is 18.2. The molecule has 2 rings (SSSR count). The summed E-state index contributed by atoms with van der Waals surface area (Å²) < 4.78 is 5.55. The van der Waals surface area contributed by atoms with Crippen LogP contribution in [0.5, 0.6) is 5.75 Å². The molecule has 2 N–H and O–H groups in total. The largest absolute Gasteiger partial charge is 0.494 e. The van der Waals surface area contributed by atoms with Gasteiger partial charge >= 0.3 is 0 Å². The average Bonchev–Trinajstić information content (AvgIpc) is 2.60. The van der Waals surface area contributed by atoms with E-state index in [1.54, 1.807) is 42.5 Å². The third-order valence-corrected chi connectivity index (χ3v) is 3.48. The number of ether oxygens (including phenoxy) is 1. The van der Waals surface area contributed by atoms with E-state index in [0.717, 1.165) is 6.42 Å². The molecule has 0 fully saturated rings. The van der Waals surface area contributed by atoms with E-state index in [1.807, 2.05) is 26.8 Å². The molecule has 0 bridgehead atoms. The second kappa shape index (κ2) is 8.87. The van der Waals surface area contributed by atoms with Crippen molar-refractivity contribution in [2.45, 2.75) is 27.2 Å². The summed E-state index contributed by atoms with van der Waals surface area (Å²) in [6.07, 6.45) is 0.908. The highest BCUT2D eigenvalue weighted by molar-refractivity contribution is 6.05. The summed E-state index contributed by atoms with van der Waals surface area (Å²) >= 11 is 0. The van der Waals surface area contributed by atoms with Gasteiger partial charge in [0.15, 0.2) is 0 Å². The lowest BCUT2D eigenvalue weighted by molar-refractivity contribution is -0.118. The van der Waals surface area contributed by atoms with Crippen molar-refractivity contribution in [1.29, 1.82) is 0 Å². The standard InChI is InChI=1S/C20H24N2O3/c1-4-11-25-18-10-5-7-15(12-18)20(24)22-17-9-6-8-16(13-17)21-19(23)14(2)3/h5-10,12-14H,4,11H2,1-3H3,(H,21,23)(H,22,24). The number of amides is 2. The van der Waals surface area contributed by atoms with E-state index >= 15 is 0 Å². The Hall–Kier alpha value is -2.82. The minimum Gasteiger partial charge on any atom is -0.494 e. The Morgan fingerprint density at radius 1 is 1.00 bits per heavy atom. The Morgan fingerprint density at radius 3 is 2.36 bits per heavy atom. The molecule has 2 aromatic carbocycles. The topological polar surface area (TPSA) is 67.4 Å². The van der Waals surface area contributed by atoms with Crippen molar-refractivity contribution in [3.63, 3.8) is 0 Å². The maximum Gasteiger partial charge on any atom is 0.255 e. The first kappa shape index (κ1) is 18.5. The van der Waals surface area contributed by atoms with Gasteiger partial charge in [-0.1, -0.05) is 32.9 Å². The number of nitrogens with one attached hydrogen (secondary N) is 2. The fraction of sp³-hybridized carbons (Fsp3) is 0.300. The highest BCUT2D eigenvalue weighted by Crippen LogP contribution is 2.18. The fourth-order valence-corrected chi connectivity index (χ4v) is 2.11. The van der Waals surface area contributed by atoms with Crippen LogP contribution in [0.2, 0.25) is 0 Å². The fourth-order valence-electron chi connectivity index (χ4n) is 2.11. The van der Waals surface area contributed by atoms with Crippen LogP contribution in [0.3, 0.4) is 0 Å². The van der Waals surface area contributed by atoms with Crippen LogP contribution in [-0.4, -0.2) is 18.4 Å². The first-order valence-corrected chi connectivity index (χ1v) is 8.44. The lowest BCUT2D eigenvalue weighted by Crippen LogP contribution is -2.18. The first-order chi connectivity index (χ1) is 12.0.